The van der Waals surface area contributed by atoms with Crippen LogP contribution in [-0.4, -0.2) is 18.0 Å². The summed E-state index contributed by atoms with van der Waals surface area (Å²) in [5, 5.41) is 3.47. The van der Waals surface area contributed by atoms with E-state index in [0.717, 1.165) is 5.56 Å². The average molecular weight is 458 g/mol. The van der Waals surface area contributed by atoms with Crippen molar-refractivity contribution in [1.82, 2.24) is 4.98 Å². The van der Waals surface area contributed by atoms with E-state index in [9.17, 15) is 4.79 Å². The molecule has 0 unspecified atom stereocenters. The Morgan fingerprint density at radius 2 is 1.89 bits per heavy atom. The first-order chi connectivity index (χ1) is 13.5. The molecule has 0 bridgehead atoms. The minimum atomic E-state index is -0.215. The molecule has 4 aromatic rings. The van der Waals surface area contributed by atoms with Gasteiger partial charge >= 0.3 is 0 Å². The maximum atomic E-state index is 12.5. The van der Waals surface area contributed by atoms with Crippen LogP contribution in [-0.2, 0) is 0 Å². The molecule has 1 amide bonds. The highest BCUT2D eigenvalue weighted by Gasteiger charge is 2.11. The molecule has 1 N–H and O–H groups in total. The molecule has 0 saturated carbocycles. The van der Waals surface area contributed by atoms with Gasteiger partial charge in [0.25, 0.3) is 5.91 Å². The number of oxazole rings is 1. The monoisotopic (exact) mass is 456 g/mol. The first-order valence-corrected chi connectivity index (χ1v) is 9.52. The number of carbonyl (C=O) groups excluding carboxylic acids is 1. The van der Waals surface area contributed by atoms with Gasteiger partial charge in [0, 0.05) is 21.8 Å². The van der Waals surface area contributed by atoms with Gasteiger partial charge in [0.15, 0.2) is 5.58 Å². The van der Waals surface area contributed by atoms with Crippen LogP contribution in [0.5, 0.6) is 5.75 Å². The summed E-state index contributed by atoms with van der Waals surface area (Å²) in [6, 6.07) is 17.7. The number of nitrogens with zero attached hydrogens (tertiary/aromatic N) is 1. The first kappa shape index (κ1) is 18.5. The molecule has 7 heteroatoms. The Balaban J connectivity index is 1.52. The molecule has 4 rings (SSSR count). The number of halogens is 2. The lowest BCUT2D eigenvalue weighted by Gasteiger charge is -2.08. The zero-order valence-corrected chi connectivity index (χ0v) is 17.0. The molecule has 0 aliphatic heterocycles. The van der Waals surface area contributed by atoms with Gasteiger partial charge in [-0.2, -0.15) is 0 Å². The van der Waals surface area contributed by atoms with Gasteiger partial charge in [-0.3, -0.25) is 4.79 Å². The van der Waals surface area contributed by atoms with Crippen LogP contribution in [0.2, 0.25) is 5.02 Å². The molecule has 0 fully saturated rings. The zero-order valence-electron chi connectivity index (χ0n) is 14.7. The van der Waals surface area contributed by atoms with E-state index >= 15 is 0 Å². The third-order valence-electron chi connectivity index (χ3n) is 4.15. The van der Waals surface area contributed by atoms with Crippen LogP contribution in [0.15, 0.2) is 69.6 Å². The molecule has 0 aliphatic rings. The second-order valence-electron chi connectivity index (χ2n) is 6.01. The van der Waals surface area contributed by atoms with Crippen LogP contribution in [0.4, 0.5) is 5.69 Å². The van der Waals surface area contributed by atoms with Gasteiger partial charge in [0.05, 0.1) is 11.6 Å². The number of fused-ring (bicyclic) bond motifs is 1. The summed E-state index contributed by atoms with van der Waals surface area (Å²) in [5.74, 6) is 0.947. The van der Waals surface area contributed by atoms with Crippen molar-refractivity contribution in [2.45, 2.75) is 0 Å². The topological polar surface area (TPSA) is 64.4 Å². The third kappa shape index (κ3) is 3.74. The molecular formula is C21H14BrClN2O3. The van der Waals surface area contributed by atoms with Crippen LogP contribution in [0, 0.1) is 0 Å². The summed E-state index contributed by atoms with van der Waals surface area (Å²) in [6.07, 6.45) is 0. The van der Waals surface area contributed by atoms with Crippen molar-refractivity contribution < 1.29 is 13.9 Å². The van der Waals surface area contributed by atoms with Crippen molar-refractivity contribution in [3.63, 3.8) is 0 Å². The second kappa shape index (κ2) is 7.66. The molecule has 5 nitrogen and oxygen atoms in total. The molecular weight excluding hydrogens is 444 g/mol. The van der Waals surface area contributed by atoms with Crippen LogP contribution in [0.3, 0.4) is 0 Å². The van der Waals surface area contributed by atoms with Crippen molar-refractivity contribution in [2.24, 2.45) is 0 Å². The molecule has 1 aromatic heterocycles. The highest BCUT2D eigenvalue weighted by atomic mass is 79.9. The lowest BCUT2D eigenvalue weighted by Crippen LogP contribution is -2.11. The fourth-order valence-corrected chi connectivity index (χ4v) is 3.44. The number of ether oxygens (including phenoxy) is 1. The largest absolute Gasteiger partial charge is 0.496 e. The molecule has 0 spiro atoms. The standard InChI is InChI=1S/C21H14BrClN2O3/c1-27-18-8-4-13(10-16(18)22)20(26)24-15-6-2-12(3-7-15)21-25-17-11-14(23)5-9-19(17)28-21/h2-11H,1H3,(H,24,26). The fraction of sp³-hybridized carbons (Fsp3) is 0.0476. The molecule has 1 heterocycles. The fourth-order valence-electron chi connectivity index (χ4n) is 2.73. The van der Waals surface area contributed by atoms with Gasteiger partial charge in [-0.05, 0) is 76.6 Å². The van der Waals surface area contributed by atoms with E-state index in [4.69, 9.17) is 20.8 Å². The molecule has 3 aromatic carbocycles. The van der Waals surface area contributed by atoms with Crippen molar-refractivity contribution >= 4 is 50.2 Å². The highest BCUT2D eigenvalue weighted by Crippen LogP contribution is 2.28. The third-order valence-corrected chi connectivity index (χ3v) is 5.01. The molecule has 0 radical (unpaired) electrons. The smallest absolute Gasteiger partial charge is 0.255 e. The van der Waals surface area contributed by atoms with E-state index < -0.39 is 0 Å². The Morgan fingerprint density at radius 3 is 2.61 bits per heavy atom. The normalized spacial score (nSPS) is 10.8. The van der Waals surface area contributed by atoms with E-state index in [1.807, 2.05) is 12.1 Å². The van der Waals surface area contributed by atoms with E-state index in [2.05, 4.69) is 26.2 Å². The number of aromatic nitrogens is 1. The predicted molar refractivity (Wildman–Crippen MR) is 113 cm³/mol. The number of nitrogens with one attached hydrogen (secondary N) is 1. The van der Waals surface area contributed by atoms with Crippen LogP contribution in [0.1, 0.15) is 10.4 Å². The number of methoxy groups -OCH3 is 1. The summed E-state index contributed by atoms with van der Waals surface area (Å²) in [6.45, 7) is 0. The Kier molecular flexibility index (Phi) is 5.07. The van der Waals surface area contributed by atoms with Crippen LogP contribution < -0.4 is 10.1 Å². The number of hydrogen-bond acceptors (Lipinski definition) is 4. The SMILES string of the molecule is COc1ccc(C(=O)Nc2ccc(-c3nc4cc(Cl)ccc4o3)cc2)cc1Br. The summed E-state index contributed by atoms with van der Waals surface area (Å²) in [7, 11) is 1.58. The summed E-state index contributed by atoms with van der Waals surface area (Å²) >= 11 is 9.37. The maximum absolute atomic E-state index is 12.5. The first-order valence-electron chi connectivity index (χ1n) is 8.35. The van der Waals surface area contributed by atoms with Crippen molar-refractivity contribution in [3.05, 3.63) is 75.7 Å². The number of carbonyl (C=O) groups is 1. The molecule has 0 saturated heterocycles. The summed E-state index contributed by atoms with van der Waals surface area (Å²) in [5.41, 5.74) is 3.36. The van der Waals surface area contributed by atoms with Crippen LogP contribution >= 0.6 is 27.5 Å². The van der Waals surface area contributed by atoms with Crippen molar-refractivity contribution in [1.29, 1.82) is 0 Å². The lowest BCUT2D eigenvalue weighted by atomic mass is 10.1. The van der Waals surface area contributed by atoms with Gasteiger partial charge < -0.3 is 14.5 Å². The summed E-state index contributed by atoms with van der Waals surface area (Å²) < 4.78 is 11.7. The summed E-state index contributed by atoms with van der Waals surface area (Å²) in [4.78, 5) is 16.9. The highest BCUT2D eigenvalue weighted by molar-refractivity contribution is 9.10. The Labute approximate surface area is 174 Å². The van der Waals surface area contributed by atoms with E-state index in [-0.39, 0.29) is 5.91 Å². The van der Waals surface area contributed by atoms with Crippen molar-refractivity contribution in [3.8, 4) is 17.2 Å². The Hall–Kier alpha value is -2.83. The second-order valence-corrected chi connectivity index (χ2v) is 7.30. The van der Waals surface area contributed by atoms with E-state index in [1.165, 1.54) is 0 Å². The predicted octanol–water partition coefficient (Wildman–Crippen LogP) is 6.17. The van der Waals surface area contributed by atoms with Crippen molar-refractivity contribution in [2.75, 3.05) is 12.4 Å². The average Bonchev–Trinajstić information content (AvgIpc) is 3.11. The van der Waals surface area contributed by atoms with Crippen LogP contribution in [0.25, 0.3) is 22.6 Å². The van der Waals surface area contributed by atoms with Gasteiger partial charge in [0.1, 0.15) is 11.3 Å². The van der Waals surface area contributed by atoms with E-state index in [1.54, 1.807) is 55.6 Å². The number of anilines is 1. The van der Waals surface area contributed by atoms with Gasteiger partial charge in [0.2, 0.25) is 5.89 Å². The van der Waals surface area contributed by atoms with Gasteiger partial charge in [-0.25, -0.2) is 4.98 Å². The number of benzene rings is 3. The number of hydrogen-bond donors (Lipinski definition) is 1. The molecule has 0 aliphatic carbocycles. The number of amides is 1. The Bertz CT molecular complexity index is 1170. The minimum Gasteiger partial charge on any atom is -0.496 e. The zero-order chi connectivity index (χ0) is 19.7. The quantitative estimate of drug-likeness (QED) is 0.398. The number of rotatable bonds is 4. The van der Waals surface area contributed by atoms with Gasteiger partial charge in [-0.15, -0.1) is 0 Å². The molecule has 0 atom stereocenters. The molecule has 140 valence electrons. The molecule has 28 heavy (non-hydrogen) atoms. The maximum Gasteiger partial charge on any atom is 0.255 e. The van der Waals surface area contributed by atoms with Gasteiger partial charge in [-0.1, -0.05) is 11.6 Å². The lowest BCUT2D eigenvalue weighted by molar-refractivity contribution is 0.102. The van der Waals surface area contributed by atoms with E-state index in [0.29, 0.717) is 43.5 Å². The minimum absolute atomic E-state index is 0.215. The Morgan fingerprint density at radius 1 is 1.11 bits per heavy atom.